The molecule has 5 rings (SSSR count). The molecule has 0 N–H and O–H groups in total. The molecule has 3 aromatic carbocycles. The largest absolute Gasteiger partial charge is 0.494 e. The van der Waals surface area contributed by atoms with Crippen molar-refractivity contribution in [1.82, 2.24) is 9.80 Å². The molecule has 0 unspecified atom stereocenters. The van der Waals surface area contributed by atoms with E-state index >= 15 is 0 Å². The van der Waals surface area contributed by atoms with Gasteiger partial charge in [0.05, 0.1) is 12.2 Å². The van der Waals surface area contributed by atoms with Gasteiger partial charge in [0.15, 0.2) is 0 Å². The van der Waals surface area contributed by atoms with E-state index in [9.17, 15) is 13.2 Å². The van der Waals surface area contributed by atoms with Gasteiger partial charge in [-0.2, -0.15) is 13.2 Å². The zero-order valence-electron chi connectivity index (χ0n) is 23.7. The topological polar surface area (TPSA) is 15.7 Å². The number of aryl methyl sites for hydroxylation is 2. The van der Waals surface area contributed by atoms with Gasteiger partial charge in [-0.05, 0) is 111 Å². The van der Waals surface area contributed by atoms with E-state index in [-0.39, 0.29) is 24.8 Å². The van der Waals surface area contributed by atoms with Crippen LogP contribution in [0.4, 0.5) is 13.2 Å². The third-order valence-corrected chi connectivity index (χ3v) is 8.37. The standard InChI is InChI=1S/C33H39F3N2O.2ClH/c1-25-7-2-3-8-28(25)22-37-18-14-26(15-19-37)16-20-39-31-13-12-29-23-38(17-6-10-27(29)21-31)24-30-9-4-5-11-32(30)33(34,35)36;;/h2-5,7-9,11-13,21,26H,6,10,14-20,22-24H2,1H3;2*1H. The van der Waals surface area contributed by atoms with Gasteiger partial charge in [-0.25, -0.2) is 0 Å². The molecule has 0 atom stereocenters. The Labute approximate surface area is 254 Å². The summed E-state index contributed by atoms with van der Waals surface area (Å²) >= 11 is 0. The Morgan fingerprint density at radius 2 is 1.49 bits per heavy atom. The lowest BCUT2D eigenvalue weighted by Crippen LogP contribution is -2.33. The van der Waals surface area contributed by atoms with E-state index in [2.05, 4.69) is 53.1 Å². The third-order valence-electron chi connectivity index (χ3n) is 8.37. The maximum absolute atomic E-state index is 13.5. The molecule has 3 nitrogen and oxygen atoms in total. The molecule has 0 spiro atoms. The highest BCUT2D eigenvalue weighted by molar-refractivity contribution is 5.85. The number of benzene rings is 3. The Kier molecular flexibility index (Phi) is 12.4. The van der Waals surface area contributed by atoms with Crippen LogP contribution in [0.15, 0.2) is 66.7 Å². The molecule has 0 saturated carbocycles. The minimum absolute atomic E-state index is 0. The van der Waals surface area contributed by atoms with Crippen LogP contribution in [0.3, 0.4) is 0 Å². The van der Waals surface area contributed by atoms with Gasteiger partial charge in [-0.1, -0.05) is 48.5 Å². The first kappa shape index (κ1) is 33.3. The fourth-order valence-corrected chi connectivity index (χ4v) is 6.01. The quantitative estimate of drug-likeness (QED) is 0.255. The first-order valence-corrected chi connectivity index (χ1v) is 14.2. The van der Waals surface area contributed by atoms with Crippen molar-refractivity contribution in [2.75, 3.05) is 26.2 Å². The molecule has 2 aliphatic rings. The van der Waals surface area contributed by atoms with E-state index < -0.39 is 11.7 Å². The van der Waals surface area contributed by atoms with Crippen molar-refractivity contribution in [2.24, 2.45) is 5.92 Å². The zero-order valence-corrected chi connectivity index (χ0v) is 25.3. The fraction of sp³-hybridized carbons (Fsp3) is 0.455. The Morgan fingerprint density at radius 3 is 2.22 bits per heavy atom. The minimum atomic E-state index is -4.33. The van der Waals surface area contributed by atoms with E-state index in [0.717, 1.165) is 57.8 Å². The van der Waals surface area contributed by atoms with Gasteiger partial charge >= 0.3 is 6.18 Å². The van der Waals surface area contributed by atoms with Crippen molar-refractivity contribution in [1.29, 1.82) is 0 Å². The number of alkyl halides is 3. The van der Waals surface area contributed by atoms with Crippen molar-refractivity contribution in [3.05, 3.63) is 100 Å². The van der Waals surface area contributed by atoms with Crippen LogP contribution in [0, 0.1) is 12.8 Å². The molecule has 2 heterocycles. The highest BCUT2D eigenvalue weighted by Gasteiger charge is 2.33. The van der Waals surface area contributed by atoms with Crippen molar-refractivity contribution >= 4 is 24.8 Å². The predicted octanol–water partition coefficient (Wildman–Crippen LogP) is 8.49. The van der Waals surface area contributed by atoms with Crippen LogP contribution in [0.2, 0.25) is 0 Å². The molecule has 0 aromatic heterocycles. The van der Waals surface area contributed by atoms with Gasteiger partial charge in [0.2, 0.25) is 0 Å². The van der Waals surface area contributed by atoms with Crippen LogP contribution in [-0.2, 0) is 32.2 Å². The highest BCUT2D eigenvalue weighted by Crippen LogP contribution is 2.33. The van der Waals surface area contributed by atoms with Crippen LogP contribution in [0.1, 0.15) is 59.1 Å². The van der Waals surface area contributed by atoms with Gasteiger partial charge in [-0.15, -0.1) is 24.8 Å². The first-order chi connectivity index (χ1) is 18.8. The zero-order chi connectivity index (χ0) is 27.2. The van der Waals surface area contributed by atoms with Crippen LogP contribution >= 0.6 is 24.8 Å². The summed E-state index contributed by atoms with van der Waals surface area (Å²) in [6.45, 7) is 7.97. The maximum Gasteiger partial charge on any atom is 0.416 e. The van der Waals surface area contributed by atoms with Crippen LogP contribution in [-0.4, -0.2) is 36.0 Å². The molecule has 0 aliphatic carbocycles. The second-order valence-electron chi connectivity index (χ2n) is 11.2. The van der Waals surface area contributed by atoms with Crippen LogP contribution < -0.4 is 4.74 Å². The van der Waals surface area contributed by atoms with Crippen LogP contribution in [0.25, 0.3) is 0 Å². The summed E-state index contributed by atoms with van der Waals surface area (Å²) < 4.78 is 46.6. The molecule has 1 fully saturated rings. The second kappa shape index (κ2) is 15.3. The van der Waals surface area contributed by atoms with Crippen molar-refractivity contribution in [3.63, 3.8) is 0 Å². The van der Waals surface area contributed by atoms with Crippen molar-refractivity contribution in [2.45, 2.75) is 64.8 Å². The first-order valence-electron chi connectivity index (χ1n) is 14.2. The predicted molar refractivity (Wildman–Crippen MR) is 164 cm³/mol. The van der Waals surface area contributed by atoms with Gasteiger partial charge in [0.1, 0.15) is 5.75 Å². The Balaban J connectivity index is 0.00000231. The SMILES string of the molecule is Cc1ccccc1CN1CCC(CCOc2ccc3c(c2)CCCN(Cc2ccccc2C(F)(F)F)C3)CC1.Cl.Cl. The number of ether oxygens (including phenoxy) is 1. The maximum atomic E-state index is 13.5. The summed E-state index contributed by atoms with van der Waals surface area (Å²) in [5, 5.41) is 0. The average Bonchev–Trinajstić information content (AvgIpc) is 3.12. The molecular weight excluding hydrogens is 568 g/mol. The summed E-state index contributed by atoms with van der Waals surface area (Å²) in [5.41, 5.74) is 5.04. The van der Waals surface area contributed by atoms with Gasteiger partial charge < -0.3 is 4.74 Å². The lowest BCUT2D eigenvalue weighted by Gasteiger charge is -2.32. The number of hydrogen-bond donors (Lipinski definition) is 0. The third kappa shape index (κ3) is 9.12. The summed E-state index contributed by atoms with van der Waals surface area (Å²) in [4.78, 5) is 4.69. The molecule has 41 heavy (non-hydrogen) atoms. The smallest absolute Gasteiger partial charge is 0.416 e. The molecule has 1 saturated heterocycles. The number of rotatable bonds is 8. The van der Waals surface area contributed by atoms with Crippen molar-refractivity contribution in [3.8, 4) is 5.75 Å². The fourth-order valence-electron chi connectivity index (χ4n) is 6.01. The molecule has 0 bridgehead atoms. The molecule has 8 heteroatoms. The Morgan fingerprint density at radius 1 is 0.805 bits per heavy atom. The Bertz CT molecular complexity index is 1250. The van der Waals surface area contributed by atoms with E-state index in [1.807, 2.05) is 6.07 Å². The average molecular weight is 610 g/mol. The lowest BCUT2D eigenvalue weighted by molar-refractivity contribution is -0.138. The molecule has 0 amide bonds. The van der Waals surface area contributed by atoms with E-state index in [1.165, 1.54) is 47.2 Å². The number of halogens is 5. The number of hydrogen-bond acceptors (Lipinski definition) is 3. The summed E-state index contributed by atoms with van der Waals surface area (Å²) in [7, 11) is 0. The normalized spacial score (nSPS) is 16.7. The van der Waals surface area contributed by atoms with Gasteiger partial charge in [0, 0.05) is 19.6 Å². The van der Waals surface area contributed by atoms with E-state index in [0.29, 0.717) is 24.6 Å². The molecular formula is C33H41Cl2F3N2O. The van der Waals surface area contributed by atoms with Gasteiger partial charge in [0.25, 0.3) is 0 Å². The number of piperidine rings is 1. The molecule has 224 valence electrons. The van der Waals surface area contributed by atoms with E-state index in [1.54, 1.807) is 12.1 Å². The lowest BCUT2D eigenvalue weighted by atomic mass is 9.93. The summed E-state index contributed by atoms with van der Waals surface area (Å²) in [6.07, 6.45) is 1.01. The number of nitrogens with zero attached hydrogens (tertiary/aromatic N) is 2. The van der Waals surface area contributed by atoms with Crippen LogP contribution in [0.5, 0.6) is 5.75 Å². The minimum Gasteiger partial charge on any atom is -0.494 e. The van der Waals surface area contributed by atoms with E-state index in [4.69, 9.17) is 4.74 Å². The highest BCUT2D eigenvalue weighted by atomic mass is 35.5. The molecule has 0 radical (unpaired) electrons. The molecule has 2 aliphatic heterocycles. The number of likely N-dealkylation sites (tertiary alicyclic amines) is 1. The van der Waals surface area contributed by atoms with Gasteiger partial charge in [-0.3, -0.25) is 9.80 Å². The Hall–Kier alpha value is -2.25. The summed E-state index contributed by atoms with van der Waals surface area (Å²) in [5.74, 6) is 1.61. The monoisotopic (exact) mass is 608 g/mol. The second-order valence-corrected chi connectivity index (χ2v) is 11.2. The summed E-state index contributed by atoms with van der Waals surface area (Å²) in [6, 6.07) is 20.9. The number of fused-ring (bicyclic) bond motifs is 1. The van der Waals surface area contributed by atoms with Crippen molar-refractivity contribution < 1.29 is 17.9 Å². The molecule has 3 aromatic rings.